The van der Waals surface area contributed by atoms with Gasteiger partial charge in [-0.3, -0.25) is 9.59 Å². The van der Waals surface area contributed by atoms with E-state index < -0.39 is 0 Å². The Hall–Kier alpha value is -2.44. The SMILES string of the molecule is CNC(=O)CC1CCN(C(=O)c2cnc3c(c2)ncn3C(C)C)C1. The largest absolute Gasteiger partial charge is 0.359 e. The van der Waals surface area contributed by atoms with Gasteiger partial charge < -0.3 is 14.8 Å². The zero-order valence-electron chi connectivity index (χ0n) is 14.3. The number of nitrogens with zero attached hydrogens (tertiary/aromatic N) is 4. The molecule has 0 bridgehead atoms. The van der Waals surface area contributed by atoms with Crippen molar-refractivity contribution in [3.63, 3.8) is 0 Å². The highest BCUT2D eigenvalue weighted by atomic mass is 16.2. The molecule has 1 fully saturated rings. The molecular formula is C17H23N5O2. The summed E-state index contributed by atoms with van der Waals surface area (Å²) in [5.74, 6) is 0.213. The van der Waals surface area contributed by atoms with Crippen molar-refractivity contribution < 1.29 is 9.59 Å². The lowest BCUT2D eigenvalue weighted by molar-refractivity contribution is -0.121. The van der Waals surface area contributed by atoms with Crippen LogP contribution in [0.2, 0.25) is 0 Å². The molecule has 2 aromatic rings. The van der Waals surface area contributed by atoms with Gasteiger partial charge in [0.2, 0.25) is 5.91 Å². The Morgan fingerprint density at radius 2 is 2.17 bits per heavy atom. The number of aromatic nitrogens is 3. The quantitative estimate of drug-likeness (QED) is 0.924. The van der Waals surface area contributed by atoms with Crippen molar-refractivity contribution in [3.05, 3.63) is 24.2 Å². The third kappa shape index (κ3) is 3.11. The molecule has 1 atom stereocenters. The van der Waals surface area contributed by atoms with Crippen LogP contribution >= 0.6 is 0 Å². The van der Waals surface area contributed by atoms with Crippen LogP contribution in [0.15, 0.2) is 18.6 Å². The van der Waals surface area contributed by atoms with Gasteiger partial charge in [0.1, 0.15) is 5.52 Å². The van der Waals surface area contributed by atoms with E-state index in [-0.39, 0.29) is 23.8 Å². The Morgan fingerprint density at radius 1 is 1.38 bits per heavy atom. The van der Waals surface area contributed by atoms with Gasteiger partial charge >= 0.3 is 0 Å². The number of imidazole rings is 1. The molecule has 1 aliphatic rings. The van der Waals surface area contributed by atoms with E-state index >= 15 is 0 Å². The zero-order chi connectivity index (χ0) is 17.3. The smallest absolute Gasteiger partial charge is 0.255 e. The average Bonchev–Trinajstić information content (AvgIpc) is 3.20. The van der Waals surface area contributed by atoms with Crippen LogP contribution in [0.5, 0.6) is 0 Å². The third-order valence-electron chi connectivity index (χ3n) is 4.54. The summed E-state index contributed by atoms with van der Waals surface area (Å²) in [6.07, 6.45) is 4.70. The lowest BCUT2D eigenvalue weighted by Gasteiger charge is -2.16. The minimum atomic E-state index is -0.0390. The summed E-state index contributed by atoms with van der Waals surface area (Å²) in [7, 11) is 1.64. The number of amides is 2. The Balaban J connectivity index is 1.74. The number of carbonyl (C=O) groups excluding carboxylic acids is 2. The molecule has 3 heterocycles. The maximum absolute atomic E-state index is 12.7. The molecule has 0 saturated carbocycles. The zero-order valence-corrected chi connectivity index (χ0v) is 14.3. The molecule has 1 N–H and O–H groups in total. The summed E-state index contributed by atoms with van der Waals surface area (Å²) in [5, 5.41) is 2.64. The molecule has 1 saturated heterocycles. The summed E-state index contributed by atoms with van der Waals surface area (Å²) in [6, 6.07) is 2.07. The van der Waals surface area contributed by atoms with E-state index in [1.807, 2.05) is 4.57 Å². The highest BCUT2D eigenvalue weighted by Gasteiger charge is 2.28. The van der Waals surface area contributed by atoms with Gasteiger partial charge in [-0.2, -0.15) is 0 Å². The minimum absolute atomic E-state index is 0.0246. The molecule has 1 aliphatic heterocycles. The monoisotopic (exact) mass is 329 g/mol. The number of rotatable bonds is 4. The lowest BCUT2D eigenvalue weighted by atomic mass is 10.0. The fraction of sp³-hybridized carbons (Fsp3) is 0.529. The summed E-state index contributed by atoms with van der Waals surface area (Å²) in [4.78, 5) is 34.7. The van der Waals surface area contributed by atoms with Crippen LogP contribution in [-0.4, -0.2) is 51.4 Å². The molecule has 3 rings (SSSR count). The number of likely N-dealkylation sites (tertiary alicyclic amines) is 1. The van der Waals surface area contributed by atoms with E-state index in [9.17, 15) is 9.59 Å². The second-order valence-corrected chi connectivity index (χ2v) is 6.60. The maximum atomic E-state index is 12.7. The molecule has 0 spiro atoms. The van der Waals surface area contributed by atoms with Gasteiger partial charge in [-0.05, 0) is 32.3 Å². The molecule has 0 radical (unpaired) electrons. The van der Waals surface area contributed by atoms with Gasteiger partial charge in [-0.25, -0.2) is 9.97 Å². The van der Waals surface area contributed by atoms with Crippen LogP contribution in [0.1, 0.15) is 43.1 Å². The molecule has 0 aliphatic carbocycles. The standard InChI is InChI=1S/C17H23N5O2/c1-11(2)22-10-20-14-7-13(8-19-16(14)22)17(24)21-5-4-12(9-21)6-15(23)18-3/h7-8,10-12H,4-6,9H2,1-3H3,(H,18,23). The fourth-order valence-electron chi connectivity index (χ4n) is 3.14. The van der Waals surface area contributed by atoms with Gasteiger partial charge in [0.05, 0.1) is 11.9 Å². The minimum Gasteiger partial charge on any atom is -0.359 e. The summed E-state index contributed by atoms with van der Waals surface area (Å²) in [5.41, 5.74) is 2.08. The number of hydrogen-bond donors (Lipinski definition) is 1. The molecule has 128 valence electrons. The van der Waals surface area contributed by atoms with Crippen molar-refractivity contribution in [3.8, 4) is 0 Å². The Bertz CT molecular complexity index is 767. The van der Waals surface area contributed by atoms with Gasteiger partial charge in [-0.15, -0.1) is 0 Å². The van der Waals surface area contributed by atoms with E-state index in [0.717, 1.165) is 17.6 Å². The maximum Gasteiger partial charge on any atom is 0.255 e. The number of nitrogens with one attached hydrogen (secondary N) is 1. The normalized spacial score (nSPS) is 17.7. The molecule has 7 heteroatoms. The van der Waals surface area contributed by atoms with Gasteiger partial charge in [0, 0.05) is 38.8 Å². The van der Waals surface area contributed by atoms with Gasteiger partial charge in [-0.1, -0.05) is 0 Å². The molecule has 24 heavy (non-hydrogen) atoms. The Labute approximate surface area is 141 Å². The van der Waals surface area contributed by atoms with Gasteiger partial charge in [0.15, 0.2) is 5.65 Å². The van der Waals surface area contributed by atoms with E-state index in [0.29, 0.717) is 25.1 Å². The molecular weight excluding hydrogens is 306 g/mol. The molecule has 7 nitrogen and oxygen atoms in total. The van der Waals surface area contributed by atoms with E-state index in [2.05, 4.69) is 29.1 Å². The first-order valence-corrected chi connectivity index (χ1v) is 8.32. The van der Waals surface area contributed by atoms with Crippen LogP contribution in [0.25, 0.3) is 11.2 Å². The van der Waals surface area contributed by atoms with Gasteiger partial charge in [0.25, 0.3) is 5.91 Å². The fourth-order valence-corrected chi connectivity index (χ4v) is 3.14. The highest BCUT2D eigenvalue weighted by Crippen LogP contribution is 2.23. The number of hydrogen-bond acceptors (Lipinski definition) is 4. The first-order chi connectivity index (χ1) is 11.5. The molecule has 0 aromatic carbocycles. The summed E-state index contributed by atoms with van der Waals surface area (Å²) in [6.45, 7) is 5.43. The van der Waals surface area contributed by atoms with E-state index in [1.54, 1.807) is 30.5 Å². The molecule has 1 unspecified atom stereocenters. The van der Waals surface area contributed by atoms with Crippen molar-refractivity contribution in [2.45, 2.75) is 32.7 Å². The molecule has 2 aromatic heterocycles. The predicted octanol–water partition coefficient (Wildman–Crippen LogP) is 1.61. The number of fused-ring (bicyclic) bond motifs is 1. The third-order valence-corrected chi connectivity index (χ3v) is 4.54. The average molecular weight is 329 g/mol. The summed E-state index contributed by atoms with van der Waals surface area (Å²) >= 11 is 0. The highest BCUT2D eigenvalue weighted by molar-refractivity contribution is 5.96. The second-order valence-electron chi connectivity index (χ2n) is 6.60. The first-order valence-electron chi connectivity index (χ1n) is 8.32. The second kappa shape index (κ2) is 6.59. The Kier molecular flexibility index (Phi) is 4.51. The number of pyridine rings is 1. The van der Waals surface area contributed by atoms with Crippen LogP contribution < -0.4 is 5.32 Å². The number of carbonyl (C=O) groups is 2. The molecule has 2 amide bonds. The predicted molar refractivity (Wildman–Crippen MR) is 90.6 cm³/mol. The Morgan fingerprint density at radius 3 is 2.88 bits per heavy atom. The van der Waals surface area contributed by atoms with Crippen LogP contribution in [0.4, 0.5) is 0 Å². The van der Waals surface area contributed by atoms with E-state index in [1.165, 1.54) is 0 Å². The van der Waals surface area contributed by atoms with Crippen LogP contribution in [0, 0.1) is 5.92 Å². The summed E-state index contributed by atoms with van der Waals surface area (Å²) < 4.78 is 1.98. The van der Waals surface area contributed by atoms with Crippen molar-refractivity contribution in [2.75, 3.05) is 20.1 Å². The van der Waals surface area contributed by atoms with Crippen molar-refractivity contribution in [2.24, 2.45) is 5.92 Å². The van der Waals surface area contributed by atoms with Crippen molar-refractivity contribution in [1.82, 2.24) is 24.8 Å². The lowest BCUT2D eigenvalue weighted by Crippen LogP contribution is -2.29. The van der Waals surface area contributed by atoms with E-state index in [4.69, 9.17) is 0 Å². The van der Waals surface area contributed by atoms with Crippen LogP contribution in [0.3, 0.4) is 0 Å². The van der Waals surface area contributed by atoms with Crippen LogP contribution in [-0.2, 0) is 4.79 Å². The van der Waals surface area contributed by atoms with Crippen molar-refractivity contribution in [1.29, 1.82) is 0 Å². The topological polar surface area (TPSA) is 80.1 Å². The van der Waals surface area contributed by atoms with Crippen molar-refractivity contribution >= 4 is 23.0 Å². The first kappa shape index (κ1) is 16.4.